The van der Waals surface area contributed by atoms with Crippen molar-refractivity contribution in [1.82, 2.24) is 25.1 Å². The number of rotatable bonds is 6. The van der Waals surface area contributed by atoms with Crippen LogP contribution in [0.25, 0.3) is 17.1 Å². The van der Waals surface area contributed by atoms with Crippen molar-refractivity contribution in [1.29, 1.82) is 0 Å². The Morgan fingerprint density at radius 3 is 2.54 bits per heavy atom. The van der Waals surface area contributed by atoms with E-state index in [-0.39, 0.29) is 12.1 Å². The van der Waals surface area contributed by atoms with Crippen molar-refractivity contribution in [3.05, 3.63) is 84.3 Å². The summed E-state index contributed by atoms with van der Waals surface area (Å²) in [5.74, 6) is 1.13. The minimum absolute atomic E-state index is 0.0608. The van der Waals surface area contributed by atoms with Crippen LogP contribution in [0, 0.1) is 6.92 Å². The van der Waals surface area contributed by atoms with Gasteiger partial charge in [0.25, 0.3) is 0 Å². The Hall–Kier alpha value is -3.25. The van der Waals surface area contributed by atoms with Gasteiger partial charge in [-0.25, -0.2) is 4.98 Å². The van der Waals surface area contributed by atoms with Crippen molar-refractivity contribution >= 4 is 0 Å². The lowest BCUT2D eigenvalue weighted by Crippen LogP contribution is -2.22. The molecule has 0 fully saturated rings. The Balaban J connectivity index is 1.44. The largest absolute Gasteiger partial charge is 0.419 e. The molecule has 0 spiro atoms. The molecule has 1 N–H and O–H groups in total. The van der Waals surface area contributed by atoms with Crippen LogP contribution in [0.15, 0.2) is 71.7 Å². The van der Waals surface area contributed by atoms with E-state index in [4.69, 9.17) is 4.42 Å². The summed E-state index contributed by atoms with van der Waals surface area (Å²) in [6.07, 6.45) is 5.50. The third kappa shape index (κ3) is 3.87. The van der Waals surface area contributed by atoms with Crippen molar-refractivity contribution in [2.24, 2.45) is 0 Å². The van der Waals surface area contributed by atoms with Gasteiger partial charge in [-0.15, -0.1) is 10.2 Å². The van der Waals surface area contributed by atoms with Crippen molar-refractivity contribution in [3.63, 3.8) is 0 Å². The SMILES string of the molecule is Cc1cccc(-c2nnc([C@@H](C)N[C@H](C)c3ccc(-n4ccnc4)cc3)o2)c1. The van der Waals surface area contributed by atoms with Gasteiger partial charge in [0.15, 0.2) is 0 Å². The molecule has 0 saturated heterocycles. The first-order valence-corrected chi connectivity index (χ1v) is 9.35. The molecule has 142 valence electrons. The second-order valence-electron chi connectivity index (χ2n) is 6.99. The fourth-order valence-corrected chi connectivity index (χ4v) is 3.19. The zero-order chi connectivity index (χ0) is 19.5. The van der Waals surface area contributed by atoms with Gasteiger partial charge in [0.2, 0.25) is 11.8 Å². The molecule has 2 atom stereocenters. The zero-order valence-electron chi connectivity index (χ0n) is 16.2. The lowest BCUT2D eigenvalue weighted by atomic mass is 10.1. The van der Waals surface area contributed by atoms with E-state index in [0.717, 1.165) is 16.8 Å². The second-order valence-corrected chi connectivity index (χ2v) is 6.99. The highest BCUT2D eigenvalue weighted by Crippen LogP contribution is 2.24. The number of aromatic nitrogens is 4. The van der Waals surface area contributed by atoms with E-state index in [0.29, 0.717) is 11.8 Å². The molecule has 4 rings (SSSR count). The van der Waals surface area contributed by atoms with Crippen molar-refractivity contribution in [3.8, 4) is 17.1 Å². The lowest BCUT2D eigenvalue weighted by molar-refractivity contribution is 0.395. The number of aryl methyl sites for hydroxylation is 1. The Kier molecular flexibility index (Phi) is 5.04. The van der Waals surface area contributed by atoms with Crippen LogP contribution >= 0.6 is 0 Å². The van der Waals surface area contributed by atoms with Gasteiger partial charge in [0.05, 0.1) is 12.4 Å². The van der Waals surface area contributed by atoms with Gasteiger partial charge in [-0.2, -0.15) is 0 Å². The minimum atomic E-state index is -0.0608. The quantitative estimate of drug-likeness (QED) is 0.533. The van der Waals surface area contributed by atoms with E-state index >= 15 is 0 Å². The first-order chi connectivity index (χ1) is 13.6. The third-order valence-electron chi connectivity index (χ3n) is 4.77. The molecule has 0 bridgehead atoms. The number of nitrogens with one attached hydrogen (secondary N) is 1. The molecule has 6 nitrogen and oxygen atoms in total. The molecule has 0 unspecified atom stereocenters. The first kappa shape index (κ1) is 18.1. The Bertz CT molecular complexity index is 1040. The summed E-state index contributed by atoms with van der Waals surface area (Å²) in [4.78, 5) is 4.08. The van der Waals surface area contributed by atoms with Crippen LogP contribution in [0.2, 0.25) is 0 Å². The van der Waals surface area contributed by atoms with Crippen LogP contribution in [-0.4, -0.2) is 19.7 Å². The summed E-state index contributed by atoms with van der Waals surface area (Å²) in [6, 6.07) is 16.5. The maximum absolute atomic E-state index is 5.90. The molecule has 0 aliphatic heterocycles. The maximum atomic E-state index is 5.90. The van der Waals surface area contributed by atoms with Crippen molar-refractivity contribution in [2.45, 2.75) is 32.9 Å². The molecule has 0 aliphatic carbocycles. The molecule has 0 radical (unpaired) electrons. The highest BCUT2D eigenvalue weighted by atomic mass is 16.4. The van der Waals surface area contributed by atoms with Crippen LogP contribution in [0.1, 0.15) is 42.9 Å². The molecular weight excluding hydrogens is 350 g/mol. The highest BCUT2D eigenvalue weighted by Gasteiger charge is 2.18. The molecule has 6 heteroatoms. The third-order valence-corrected chi connectivity index (χ3v) is 4.77. The summed E-state index contributed by atoms with van der Waals surface area (Å²) < 4.78 is 7.88. The standard InChI is InChI=1S/C22H23N5O/c1-15-5-4-6-19(13-15)22-26-25-21(28-22)17(3)24-16(2)18-7-9-20(10-8-18)27-12-11-23-14-27/h4-14,16-17,24H,1-3H3/t16-,17-/m1/s1. The van der Waals surface area contributed by atoms with Crippen LogP contribution in [0.4, 0.5) is 0 Å². The number of hydrogen-bond acceptors (Lipinski definition) is 5. The van der Waals surface area contributed by atoms with Crippen LogP contribution in [0.3, 0.4) is 0 Å². The predicted molar refractivity (Wildman–Crippen MR) is 108 cm³/mol. The summed E-state index contributed by atoms with van der Waals surface area (Å²) >= 11 is 0. The molecule has 2 aromatic heterocycles. The Morgan fingerprint density at radius 1 is 1.00 bits per heavy atom. The summed E-state index contributed by atoms with van der Waals surface area (Å²) in [5.41, 5.74) is 4.38. The molecule has 28 heavy (non-hydrogen) atoms. The van der Waals surface area contributed by atoms with Gasteiger partial charge in [0, 0.05) is 29.7 Å². The molecular formula is C22H23N5O. The van der Waals surface area contributed by atoms with Gasteiger partial charge in [0.1, 0.15) is 0 Å². The van der Waals surface area contributed by atoms with Crippen molar-refractivity contribution in [2.75, 3.05) is 0 Å². The first-order valence-electron chi connectivity index (χ1n) is 9.35. The average molecular weight is 373 g/mol. The van der Waals surface area contributed by atoms with Gasteiger partial charge in [-0.05, 0) is 50.6 Å². The van der Waals surface area contributed by atoms with Crippen molar-refractivity contribution < 1.29 is 4.42 Å². The second kappa shape index (κ2) is 7.78. The van der Waals surface area contributed by atoms with E-state index in [2.05, 4.69) is 51.7 Å². The molecule has 0 aliphatic rings. The van der Waals surface area contributed by atoms with Gasteiger partial charge >= 0.3 is 0 Å². The lowest BCUT2D eigenvalue weighted by Gasteiger charge is -2.18. The van der Waals surface area contributed by atoms with Gasteiger partial charge in [-0.1, -0.05) is 29.8 Å². The van der Waals surface area contributed by atoms with Crippen LogP contribution in [-0.2, 0) is 0 Å². The fraction of sp³-hybridized carbons (Fsp3) is 0.227. The normalized spacial score (nSPS) is 13.4. The van der Waals surface area contributed by atoms with Crippen LogP contribution < -0.4 is 5.32 Å². The van der Waals surface area contributed by atoms with E-state index in [9.17, 15) is 0 Å². The van der Waals surface area contributed by atoms with E-state index in [1.807, 2.05) is 48.9 Å². The number of imidazole rings is 1. The number of hydrogen-bond donors (Lipinski definition) is 1. The monoisotopic (exact) mass is 373 g/mol. The summed E-state index contributed by atoms with van der Waals surface area (Å²) in [5, 5.41) is 12.0. The molecule has 2 heterocycles. The van der Waals surface area contributed by atoms with Crippen LogP contribution in [0.5, 0.6) is 0 Å². The van der Waals surface area contributed by atoms with E-state index < -0.39 is 0 Å². The predicted octanol–water partition coefficient (Wildman–Crippen LogP) is 4.64. The molecule has 2 aromatic carbocycles. The number of benzene rings is 2. The van der Waals surface area contributed by atoms with Gasteiger partial charge < -0.3 is 8.98 Å². The highest BCUT2D eigenvalue weighted by molar-refractivity contribution is 5.53. The zero-order valence-corrected chi connectivity index (χ0v) is 16.2. The number of nitrogens with zero attached hydrogens (tertiary/aromatic N) is 4. The van der Waals surface area contributed by atoms with Gasteiger partial charge in [-0.3, -0.25) is 5.32 Å². The summed E-state index contributed by atoms with van der Waals surface area (Å²) in [7, 11) is 0. The topological polar surface area (TPSA) is 68.8 Å². The summed E-state index contributed by atoms with van der Waals surface area (Å²) in [6.45, 7) is 6.20. The average Bonchev–Trinajstić information content (AvgIpc) is 3.40. The smallest absolute Gasteiger partial charge is 0.247 e. The molecule has 0 amide bonds. The fourth-order valence-electron chi connectivity index (χ4n) is 3.19. The van der Waals surface area contributed by atoms with E-state index in [1.54, 1.807) is 12.5 Å². The molecule has 0 saturated carbocycles. The maximum Gasteiger partial charge on any atom is 0.247 e. The minimum Gasteiger partial charge on any atom is -0.419 e. The Labute approximate surface area is 164 Å². The molecule has 4 aromatic rings. The Morgan fingerprint density at radius 2 is 1.82 bits per heavy atom. The van der Waals surface area contributed by atoms with E-state index in [1.165, 1.54) is 5.56 Å².